The predicted octanol–water partition coefficient (Wildman–Crippen LogP) is 3.27. The van der Waals surface area contributed by atoms with Gasteiger partial charge in [-0.1, -0.05) is 24.3 Å². The average molecular weight is 135 g/mol. The van der Waals surface area contributed by atoms with Crippen LogP contribution in [0.1, 0.15) is 32.1 Å². The Balaban J connectivity index is 2.25. The highest BCUT2D eigenvalue weighted by Crippen LogP contribution is 2.05. The van der Waals surface area contributed by atoms with Gasteiger partial charge in [-0.15, -0.1) is 0 Å². The van der Waals surface area contributed by atoms with Crippen molar-refractivity contribution in [1.29, 1.82) is 0 Å². The minimum Gasteiger partial charge on any atom is -0.0882 e. The molecule has 0 aromatic heterocycles. The lowest BCUT2D eigenvalue weighted by Gasteiger charge is -1.96. The fraction of sp³-hybridized carbons (Fsp3) is 0.500. The van der Waals surface area contributed by atoms with E-state index in [1.165, 1.54) is 19.3 Å². The smallest absolute Gasteiger partial charge is 0.0169 e. The maximum absolute atomic E-state index is 2.36. The molecule has 0 heterocycles. The molecule has 1 aliphatic rings. The molecule has 0 nitrogen and oxygen atoms in total. The van der Waals surface area contributed by atoms with E-state index in [9.17, 15) is 0 Å². The largest absolute Gasteiger partial charge is 0.0882 e. The van der Waals surface area contributed by atoms with E-state index in [1.54, 1.807) is 0 Å². The van der Waals surface area contributed by atoms with Crippen LogP contribution in [0.4, 0.5) is 0 Å². The fourth-order valence-electron chi connectivity index (χ4n) is 1.08. The molecule has 1 rings (SSSR count). The summed E-state index contributed by atoms with van der Waals surface area (Å²) in [5, 5.41) is 0. The summed E-state index contributed by atoms with van der Waals surface area (Å²) in [7, 11) is 0. The Morgan fingerprint density at radius 3 is 2.50 bits per heavy atom. The quantitative estimate of drug-likeness (QED) is 0.447. The molecule has 0 heteroatoms. The molecule has 0 N–H and O–H groups in total. The highest BCUT2D eigenvalue weighted by atomic mass is 13.9. The number of rotatable bonds is 0. The molecule has 0 saturated heterocycles. The summed E-state index contributed by atoms with van der Waals surface area (Å²) in [5.74, 6) is 0. The second kappa shape index (κ2) is 5.28. The molecule has 0 amide bonds. The molecule has 0 unspecified atom stereocenters. The summed E-state index contributed by atoms with van der Waals surface area (Å²) in [6.07, 6.45) is 17.5. The van der Waals surface area contributed by atoms with Gasteiger partial charge < -0.3 is 0 Å². The van der Waals surface area contributed by atoms with Crippen molar-refractivity contribution < 1.29 is 0 Å². The third-order valence-electron chi connectivity index (χ3n) is 1.69. The highest BCUT2D eigenvalue weighted by Gasteiger charge is 1.87. The summed E-state index contributed by atoms with van der Waals surface area (Å²) >= 11 is 0. The molecule has 0 aromatic rings. The Morgan fingerprint density at radius 1 is 0.700 bits per heavy atom. The van der Waals surface area contributed by atoms with E-state index in [2.05, 4.69) is 30.7 Å². The molecular formula is C10H15. The third-order valence-corrected chi connectivity index (χ3v) is 1.69. The summed E-state index contributed by atoms with van der Waals surface area (Å²) in [6, 6.07) is 0. The van der Waals surface area contributed by atoms with Crippen LogP contribution in [0.5, 0.6) is 0 Å². The van der Waals surface area contributed by atoms with E-state index in [1.807, 2.05) is 0 Å². The lowest BCUT2D eigenvalue weighted by molar-refractivity contribution is 0.807. The highest BCUT2D eigenvalue weighted by molar-refractivity contribution is 4.96. The first-order valence-corrected chi connectivity index (χ1v) is 4.12. The maximum Gasteiger partial charge on any atom is -0.0169 e. The van der Waals surface area contributed by atoms with Crippen LogP contribution in [0.25, 0.3) is 0 Å². The van der Waals surface area contributed by atoms with Crippen molar-refractivity contribution >= 4 is 0 Å². The van der Waals surface area contributed by atoms with Gasteiger partial charge in [0.25, 0.3) is 0 Å². The average Bonchev–Trinajstić information content (AvgIpc) is 2.01. The Bertz CT molecular complexity index is 106. The van der Waals surface area contributed by atoms with Gasteiger partial charge in [-0.2, -0.15) is 0 Å². The molecule has 1 radical (unpaired) electrons. The van der Waals surface area contributed by atoms with Gasteiger partial charge in [0.2, 0.25) is 0 Å². The first kappa shape index (κ1) is 7.59. The summed E-state index contributed by atoms with van der Waals surface area (Å²) in [4.78, 5) is 0. The Kier molecular flexibility index (Phi) is 4.00. The standard InChI is InChI=1S/C10H15/c1-2-4-6-8-10-9-7-5-3-1/h1-2,5-7H,3-4,8-10H2/b2-1-,7-5-. The number of allylic oxidation sites excluding steroid dienone is 4. The van der Waals surface area contributed by atoms with Crippen LogP contribution < -0.4 is 0 Å². The zero-order valence-corrected chi connectivity index (χ0v) is 6.42. The SMILES string of the molecule is [CH]1C/C=C\C/C=C\CCC1. The summed E-state index contributed by atoms with van der Waals surface area (Å²) < 4.78 is 0. The van der Waals surface area contributed by atoms with Gasteiger partial charge in [-0.3, -0.25) is 0 Å². The van der Waals surface area contributed by atoms with Crippen molar-refractivity contribution in [1.82, 2.24) is 0 Å². The second-order valence-corrected chi connectivity index (χ2v) is 2.63. The molecule has 0 fully saturated rings. The molecular weight excluding hydrogens is 120 g/mol. The van der Waals surface area contributed by atoms with Crippen molar-refractivity contribution in [2.24, 2.45) is 0 Å². The Morgan fingerprint density at radius 2 is 1.50 bits per heavy atom. The molecule has 0 bridgehead atoms. The van der Waals surface area contributed by atoms with Crippen LogP contribution >= 0.6 is 0 Å². The molecule has 55 valence electrons. The minimum absolute atomic E-state index is 1.12. The molecule has 0 aliphatic heterocycles. The lowest BCUT2D eigenvalue weighted by Crippen LogP contribution is -1.77. The van der Waals surface area contributed by atoms with E-state index >= 15 is 0 Å². The van der Waals surface area contributed by atoms with Crippen LogP contribution in [0, 0.1) is 6.42 Å². The number of hydrogen-bond donors (Lipinski definition) is 0. The van der Waals surface area contributed by atoms with Crippen molar-refractivity contribution in [3.05, 3.63) is 30.7 Å². The predicted molar refractivity (Wildman–Crippen MR) is 45.7 cm³/mol. The minimum atomic E-state index is 1.12. The molecule has 0 aromatic carbocycles. The summed E-state index contributed by atoms with van der Waals surface area (Å²) in [5.41, 5.74) is 0. The molecule has 10 heavy (non-hydrogen) atoms. The number of hydrogen-bond acceptors (Lipinski definition) is 0. The van der Waals surface area contributed by atoms with Gasteiger partial charge in [-0.05, 0) is 38.5 Å². The summed E-state index contributed by atoms with van der Waals surface area (Å²) in [6.45, 7) is 0. The Hall–Kier alpha value is -0.520. The van der Waals surface area contributed by atoms with Gasteiger partial charge in [-0.25, -0.2) is 0 Å². The van der Waals surface area contributed by atoms with Crippen molar-refractivity contribution in [2.75, 3.05) is 0 Å². The van der Waals surface area contributed by atoms with E-state index in [4.69, 9.17) is 0 Å². The first-order chi connectivity index (χ1) is 5.00. The van der Waals surface area contributed by atoms with Gasteiger partial charge in [0, 0.05) is 0 Å². The van der Waals surface area contributed by atoms with E-state index in [-0.39, 0.29) is 0 Å². The van der Waals surface area contributed by atoms with Gasteiger partial charge in [0.1, 0.15) is 0 Å². The van der Waals surface area contributed by atoms with Crippen molar-refractivity contribution in [3.8, 4) is 0 Å². The molecule has 1 aliphatic carbocycles. The molecule has 0 saturated carbocycles. The van der Waals surface area contributed by atoms with Crippen LogP contribution in [0.3, 0.4) is 0 Å². The van der Waals surface area contributed by atoms with Crippen LogP contribution in [-0.2, 0) is 0 Å². The van der Waals surface area contributed by atoms with Gasteiger partial charge >= 0.3 is 0 Å². The normalized spacial score (nSPS) is 27.2. The third kappa shape index (κ3) is 3.49. The molecule has 0 spiro atoms. The van der Waals surface area contributed by atoms with Crippen LogP contribution in [0.2, 0.25) is 0 Å². The van der Waals surface area contributed by atoms with E-state index < -0.39 is 0 Å². The van der Waals surface area contributed by atoms with E-state index in [0.717, 1.165) is 12.8 Å². The van der Waals surface area contributed by atoms with Gasteiger partial charge in [0.05, 0.1) is 0 Å². The van der Waals surface area contributed by atoms with Crippen LogP contribution in [0.15, 0.2) is 24.3 Å². The van der Waals surface area contributed by atoms with Crippen molar-refractivity contribution in [3.63, 3.8) is 0 Å². The Labute approximate surface area is 63.6 Å². The van der Waals surface area contributed by atoms with Crippen molar-refractivity contribution in [2.45, 2.75) is 32.1 Å². The topological polar surface area (TPSA) is 0 Å². The van der Waals surface area contributed by atoms with Gasteiger partial charge in [0.15, 0.2) is 0 Å². The first-order valence-electron chi connectivity index (χ1n) is 4.12. The van der Waals surface area contributed by atoms with E-state index in [0.29, 0.717) is 0 Å². The van der Waals surface area contributed by atoms with Crippen LogP contribution in [-0.4, -0.2) is 0 Å². The lowest BCUT2D eigenvalue weighted by atomic mass is 10.1. The zero-order chi connectivity index (χ0) is 7.07. The second-order valence-electron chi connectivity index (χ2n) is 2.63. The zero-order valence-electron chi connectivity index (χ0n) is 6.42. The fourth-order valence-corrected chi connectivity index (χ4v) is 1.08. The maximum atomic E-state index is 2.36. The molecule has 0 atom stereocenters. The monoisotopic (exact) mass is 135 g/mol.